The summed E-state index contributed by atoms with van der Waals surface area (Å²) in [6.07, 6.45) is 0. The number of carbonyl (C=O) groups excluding carboxylic acids is 2. The van der Waals surface area contributed by atoms with Crippen molar-refractivity contribution in [2.24, 2.45) is 0 Å². The second kappa shape index (κ2) is 10.7. The predicted molar refractivity (Wildman–Crippen MR) is 137 cm³/mol. The van der Waals surface area contributed by atoms with E-state index < -0.39 is 6.04 Å². The highest BCUT2D eigenvalue weighted by Crippen LogP contribution is 2.31. The van der Waals surface area contributed by atoms with E-state index in [1.165, 1.54) is 5.56 Å². The molecule has 2 aromatic rings. The van der Waals surface area contributed by atoms with Gasteiger partial charge in [0, 0.05) is 12.1 Å². The van der Waals surface area contributed by atoms with E-state index in [0.717, 1.165) is 15.6 Å². The molecule has 5 nitrogen and oxygen atoms in total. The molecule has 2 aromatic carbocycles. The largest absolute Gasteiger partial charge is 0.483 e. The van der Waals surface area contributed by atoms with Gasteiger partial charge in [-0.3, -0.25) is 9.59 Å². The van der Waals surface area contributed by atoms with Crippen molar-refractivity contribution in [1.29, 1.82) is 0 Å². The van der Waals surface area contributed by atoms with E-state index in [2.05, 4.69) is 42.0 Å². The quantitative estimate of drug-likeness (QED) is 0.508. The van der Waals surface area contributed by atoms with Crippen LogP contribution in [0.1, 0.15) is 65.2 Å². The molecule has 0 spiro atoms. The summed E-state index contributed by atoms with van der Waals surface area (Å²) in [5, 5.41) is 2.97. The van der Waals surface area contributed by atoms with Crippen LogP contribution >= 0.6 is 15.9 Å². The van der Waals surface area contributed by atoms with Gasteiger partial charge in [-0.25, -0.2) is 0 Å². The minimum absolute atomic E-state index is 0.0115. The normalized spacial score (nSPS) is 12.8. The standard InChI is InChI=1S/C27H37BrN2O3/c1-18-9-11-20(12-10-18)16-30(19(2)25(32)29-27(6,7)8)24(31)17-33-23-14-13-21(15-22(23)28)26(3,4)5/h9-15,19H,16-17H2,1-8H3,(H,29,32)/t19-/m1/s1. The van der Waals surface area contributed by atoms with Gasteiger partial charge in [-0.15, -0.1) is 0 Å². The molecule has 0 aliphatic rings. The summed E-state index contributed by atoms with van der Waals surface area (Å²) in [5.74, 6) is 0.149. The Kier molecular flexibility index (Phi) is 8.75. The first kappa shape index (κ1) is 26.9. The van der Waals surface area contributed by atoms with Crippen LogP contribution in [0.2, 0.25) is 0 Å². The highest BCUT2D eigenvalue weighted by Gasteiger charge is 2.29. The van der Waals surface area contributed by atoms with Crippen molar-refractivity contribution >= 4 is 27.7 Å². The summed E-state index contributed by atoms with van der Waals surface area (Å²) in [5.41, 5.74) is 2.89. The molecule has 0 bridgehead atoms. The number of carbonyl (C=O) groups is 2. The summed E-state index contributed by atoms with van der Waals surface area (Å²) in [7, 11) is 0. The van der Waals surface area contributed by atoms with Crippen LogP contribution in [0, 0.1) is 6.92 Å². The zero-order valence-electron chi connectivity index (χ0n) is 21.1. The molecular weight excluding hydrogens is 480 g/mol. The lowest BCUT2D eigenvalue weighted by Crippen LogP contribution is -2.53. The van der Waals surface area contributed by atoms with Gasteiger partial charge in [-0.05, 0) is 79.2 Å². The van der Waals surface area contributed by atoms with E-state index in [1.54, 1.807) is 11.8 Å². The van der Waals surface area contributed by atoms with E-state index in [9.17, 15) is 9.59 Å². The fraction of sp³-hybridized carbons (Fsp3) is 0.481. The third-order valence-corrected chi connectivity index (χ3v) is 5.91. The van der Waals surface area contributed by atoms with Crippen LogP contribution in [0.3, 0.4) is 0 Å². The maximum Gasteiger partial charge on any atom is 0.261 e. The summed E-state index contributed by atoms with van der Waals surface area (Å²) in [6, 6.07) is 13.2. The first-order valence-corrected chi connectivity index (χ1v) is 12.1. The average molecular weight is 518 g/mol. The lowest BCUT2D eigenvalue weighted by Gasteiger charge is -2.31. The van der Waals surface area contributed by atoms with Crippen molar-refractivity contribution < 1.29 is 14.3 Å². The number of rotatable bonds is 7. The molecule has 1 atom stereocenters. The number of benzene rings is 2. The Hall–Kier alpha value is -2.34. The molecule has 0 saturated carbocycles. The van der Waals surface area contributed by atoms with Crippen LogP contribution in [0.5, 0.6) is 5.75 Å². The van der Waals surface area contributed by atoms with Crippen LogP contribution in [0.4, 0.5) is 0 Å². The minimum Gasteiger partial charge on any atom is -0.483 e. The molecule has 0 unspecified atom stereocenters. The molecule has 0 heterocycles. The first-order chi connectivity index (χ1) is 15.2. The number of amides is 2. The third kappa shape index (κ3) is 8.18. The van der Waals surface area contributed by atoms with Gasteiger partial charge in [-0.1, -0.05) is 56.7 Å². The molecule has 0 fully saturated rings. The molecular formula is C27H37BrN2O3. The first-order valence-electron chi connectivity index (χ1n) is 11.3. The molecule has 1 N–H and O–H groups in total. The topological polar surface area (TPSA) is 58.6 Å². The van der Waals surface area contributed by atoms with E-state index >= 15 is 0 Å². The van der Waals surface area contributed by atoms with Crippen molar-refractivity contribution in [3.05, 3.63) is 63.6 Å². The SMILES string of the molecule is Cc1ccc(CN(C(=O)COc2ccc(C(C)(C)C)cc2Br)[C@H](C)C(=O)NC(C)(C)C)cc1. The molecule has 0 saturated heterocycles. The Morgan fingerprint density at radius 1 is 1.03 bits per heavy atom. The molecule has 0 radical (unpaired) electrons. The Balaban J connectivity index is 2.20. The predicted octanol–water partition coefficient (Wildman–Crippen LogP) is 5.77. The van der Waals surface area contributed by atoms with Crippen molar-refractivity contribution in [3.63, 3.8) is 0 Å². The third-order valence-electron chi connectivity index (χ3n) is 5.29. The zero-order chi connectivity index (χ0) is 25.0. The van der Waals surface area contributed by atoms with E-state index in [1.807, 2.05) is 70.2 Å². The number of ether oxygens (including phenoxy) is 1. The fourth-order valence-electron chi connectivity index (χ4n) is 3.25. The van der Waals surface area contributed by atoms with Crippen LogP contribution < -0.4 is 10.1 Å². The highest BCUT2D eigenvalue weighted by atomic mass is 79.9. The van der Waals surface area contributed by atoms with E-state index in [4.69, 9.17) is 4.74 Å². The molecule has 2 rings (SSSR count). The van der Waals surface area contributed by atoms with Gasteiger partial charge >= 0.3 is 0 Å². The second-order valence-corrected chi connectivity index (χ2v) is 11.5. The Bertz CT molecular complexity index is 972. The molecule has 0 aliphatic carbocycles. The van der Waals surface area contributed by atoms with Crippen molar-refractivity contribution in [2.75, 3.05) is 6.61 Å². The fourth-order valence-corrected chi connectivity index (χ4v) is 3.75. The molecule has 180 valence electrons. The minimum atomic E-state index is -0.645. The maximum absolute atomic E-state index is 13.2. The van der Waals surface area contributed by atoms with Gasteiger partial charge < -0.3 is 15.0 Å². The van der Waals surface area contributed by atoms with Gasteiger partial charge in [0.05, 0.1) is 4.47 Å². The van der Waals surface area contributed by atoms with Crippen molar-refractivity contribution in [1.82, 2.24) is 10.2 Å². The number of nitrogens with one attached hydrogen (secondary N) is 1. The van der Waals surface area contributed by atoms with Gasteiger partial charge in [0.2, 0.25) is 5.91 Å². The maximum atomic E-state index is 13.2. The van der Waals surface area contributed by atoms with Crippen LogP contribution in [0.15, 0.2) is 46.9 Å². The molecule has 0 aliphatic heterocycles. The lowest BCUT2D eigenvalue weighted by atomic mass is 9.87. The Morgan fingerprint density at radius 2 is 1.64 bits per heavy atom. The van der Waals surface area contributed by atoms with Gasteiger partial charge in [0.1, 0.15) is 11.8 Å². The summed E-state index contributed by atoms with van der Waals surface area (Å²) >= 11 is 3.56. The second-order valence-electron chi connectivity index (χ2n) is 10.6. The van der Waals surface area contributed by atoms with Crippen molar-refractivity contribution in [3.8, 4) is 5.75 Å². The number of hydrogen-bond donors (Lipinski definition) is 1. The number of halogens is 1. The number of hydrogen-bond acceptors (Lipinski definition) is 3. The highest BCUT2D eigenvalue weighted by molar-refractivity contribution is 9.10. The van der Waals surface area contributed by atoms with Crippen LogP contribution in [-0.4, -0.2) is 34.9 Å². The summed E-state index contributed by atoms with van der Waals surface area (Å²) in [6.45, 7) is 16.1. The summed E-state index contributed by atoms with van der Waals surface area (Å²) < 4.78 is 6.66. The average Bonchev–Trinajstić information content (AvgIpc) is 2.69. The summed E-state index contributed by atoms with van der Waals surface area (Å²) in [4.78, 5) is 27.7. The van der Waals surface area contributed by atoms with Crippen molar-refractivity contribution in [2.45, 2.75) is 78.9 Å². The van der Waals surface area contributed by atoms with Crippen LogP contribution in [0.25, 0.3) is 0 Å². The van der Waals surface area contributed by atoms with E-state index in [-0.39, 0.29) is 29.4 Å². The monoisotopic (exact) mass is 516 g/mol. The van der Waals surface area contributed by atoms with E-state index in [0.29, 0.717) is 12.3 Å². The molecule has 0 aromatic heterocycles. The van der Waals surface area contributed by atoms with Gasteiger partial charge in [0.25, 0.3) is 5.91 Å². The smallest absolute Gasteiger partial charge is 0.261 e. The molecule has 2 amide bonds. The number of aryl methyl sites for hydroxylation is 1. The number of nitrogens with zero attached hydrogens (tertiary/aromatic N) is 1. The molecule has 6 heteroatoms. The van der Waals surface area contributed by atoms with Gasteiger partial charge in [0.15, 0.2) is 6.61 Å². The zero-order valence-corrected chi connectivity index (χ0v) is 22.7. The van der Waals surface area contributed by atoms with Gasteiger partial charge in [-0.2, -0.15) is 0 Å². The molecule has 33 heavy (non-hydrogen) atoms. The lowest BCUT2D eigenvalue weighted by molar-refractivity contribution is -0.142. The van der Waals surface area contributed by atoms with Crippen LogP contribution in [-0.2, 0) is 21.5 Å². The Morgan fingerprint density at radius 3 is 2.15 bits per heavy atom. The Labute approximate surface area is 207 Å².